The zero-order chi connectivity index (χ0) is 24.6. The third-order valence-electron chi connectivity index (χ3n) is 5.62. The van der Waals surface area contributed by atoms with E-state index in [1.807, 2.05) is 0 Å². The number of aromatic nitrogens is 1. The molecule has 3 rings (SSSR count). The number of thiazole rings is 1. The van der Waals surface area contributed by atoms with Gasteiger partial charge in [0.05, 0.1) is 0 Å². The quantitative estimate of drug-likeness (QED) is 0.459. The van der Waals surface area contributed by atoms with E-state index in [2.05, 4.69) is 10.3 Å². The number of nitrogens with one attached hydrogen (secondary N) is 1. The molecule has 2 amide bonds. The summed E-state index contributed by atoms with van der Waals surface area (Å²) in [4.78, 5) is 42.2. The fourth-order valence-corrected chi connectivity index (χ4v) is 5.02. The Kier molecular flexibility index (Phi) is 6.92. The van der Waals surface area contributed by atoms with Crippen LogP contribution in [0, 0.1) is 5.82 Å². The van der Waals surface area contributed by atoms with Gasteiger partial charge >= 0.3 is 6.18 Å². The number of alkyl halides is 3. The number of halogens is 4. The zero-order valence-corrected chi connectivity index (χ0v) is 19.1. The molecule has 1 aromatic carbocycles. The summed E-state index contributed by atoms with van der Waals surface area (Å²) < 4.78 is 53.9. The minimum atomic E-state index is -4.95. The van der Waals surface area contributed by atoms with Crippen molar-refractivity contribution < 1.29 is 31.9 Å². The Labute approximate surface area is 192 Å². The van der Waals surface area contributed by atoms with Gasteiger partial charge in [0.15, 0.2) is 10.8 Å². The molecule has 1 heterocycles. The zero-order valence-electron chi connectivity index (χ0n) is 18.3. The molecule has 1 aliphatic rings. The van der Waals surface area contributed by atoms with Gasteiger partial charge in [0.1, 0.15) is 16.2 Å². The van der Waals surface area contributed by atoms with Crippen LogP contribution < -0.4 is 5.32 Å². The lowest BCUT2D eigenvalue weighted by Gasteiger charge is -2.40. The van der Waals surface area contributed by atoms with Crippen LogP contribution >= 0.6 is 11.3 Å². The van der Waals surface area contributed by atoms with Crippen LogP contribution in [-0.4, -0.2) is 39.1 Å². The number of hydrogen-bond donors (Lipinski definition) is 1. The average Bonchev–Trinajstić information content (AvgIpc) is 3.37. The molecule has 1 aromatic heterocycles. The lowest BCUT2D eigenvalue weighted by molar-refractivity contribution is -0.145. The summed E-state index contributed by atoms with van der Waals surface area (Å²) in [6.45, 7) is 4.38. The minimum Gasteiger partial charge on any atom is -0.326 e. The topological polar surface area (TPSA) is 79.4 Å². The van der Waals surface area contributed by atoms with E-state index < -0.39 is 44.9 Å². The van der Waals surface area contributed by atoms with E-state index in [0.29, 0.717) is 11.3 Å². The molecular formula is C22H23F4N3O3S. The summed E-state index contributed by atoms with van der Waals surface area (Å²) in [7, 11) is 0. The predicted molar refractivity (Wildman–Crippen MR) is 114 cm³/mol. The summed E-state index contributed by atoms with van der Waals surface area (Å²) in [6, 6.07) is 3.94. The van der Waals surface area contributed by atoms with E-state index in [9.17, 15) is 31.9 Å². The van der Waals surface area contributed by atoms with Crippen LogP contribution in [0.15, 0.2) is 24.3 Å². The maximum absolute atomic E-state index is 13.6. The third-order valence-corrected chi connectivity index (χ3v) is 6.59. The van der Waals surface area contributed by atoms with Crippen LogP contribution in [-0.2, 0) is 15.8 Å². The number of anilines is 1. The van der Waals surface area contributed by atoms with Crippen LogP contribution in [0.1, 0.15) is 67.4 Å². The first kappa shape index (κ1) is 24.8. The predicted octanol–water partition coefficient (Wildman–Crippen LogP) is 5.04. The molecule has 0 spiro atoms. The van der Waals surface area contributed by atoms with E-state index >= 15 is 0 Å². The highest BCUT2D eigenvalue weighted by Gasteiger charge is 2.43. The van der Waals surface area contributed by atoms with Crippen molar-refractivity contribution in [2.45, 2.75) is 64.2 Å². The van der Waals surface area contributed by atoms with Crippen molar-refractivity contribution in [2.24, 2.45) is 0 Å². The van der Waals surface area contributed by atoms with Crippen molar-refractivity contribution in [2.75, 3.05) is 5.32 Å². The van der Waals surface area contributed by atoms with Crippen molar-refractivity contribution in [3.8, 4) is 0 Å². The van der Waals surface area contributed by atoms with Crippen molar-refractivity contribution in [3.05, 3.63) is 46.2 Å². The maximum atomic E-state index is 13.6. The summed E-state index contributed by atoms with van der Waals surface area (Å²) in [5.74, 6) is -2.66. The summed E-state index contributed by atoms with van der Waals surface area (Å²) >= 11 is 0.381. The van der Waals surface area contributed by atoms with E-state index in [4.69, 9.17) is 0 Å². The number of ketones is 1. The molecule has 178 valence electrons. The largest absolute Gasteiger partial charge is 0.435 e. The van der Waals surface area contributed by atoms with E-state index in [1.165, 1.54) is 25.7 Å². The van der Waals surface area contributed by atoms with Crippen molar-refractivity contribution in [3.63, 3.8) is 0 Å². The molecule has 0 atom stereocenters. The van der Waals surface area contributed by atoms with Gasteiger partial charge in [-0.3, -0.25) is 19.7 Å². The molecule has 0 saturated heterocycles. The van der Waals surface area contributed by atoms with Crippen molar-refractivity contribution in [1.29, 1.82) is 0 Å². The first-order valence-corrected chi connectivity index (χ1v) is 11.1. The van der Waals surface area contributed by atoms with Gasteiger partial charge in [-0.05, 0) is 51.0 Å². The smallest absolute Gasteiger partial charge is 0.326 e. The van der Waals surface area contributed by atoms with Crippen molar-refractivity contribution >= 4 is 34.1 Å². The highest BCUT2D eigenvalue weighted by molar-refractivity contribution is 7.18. The summed E-state index contributed by atoms with van der Waals surface area (Å²) in [5.41, 5.74) is -2.94. The number of nitrogens with zero attached hydrogens (tertiary/aromatic N) is 2. The molecule has 0 unspecified atom stereocenters. The molecule has 2 aromatic rings. The lowest BCUT2D eigenvalue weighted by atomic mass is 9.98. The maximum Gasteiger partial charge on any atom is 0.435 e. The molecule has 1 N–H and O–H groups in total. The molecule has 33 heavy (non-hydrogen) atoms. The Hall–Kier alpha value is -2.82. The second-order valence-corrected chi connectivity index (χ2v) is 9.37. The Morgan fingerprint density at radius 3 is 2.18 bits per heavy atom. The van der Waals surface area contributed by atoms with Gasteiger partial charge < -0.3 is 4.90 Å². The Morgan fingerprint density at radius 2 is 1.67 bits per heavy atom. The number of hydrogen-bond acceptors (Lipinski definition) is 5. The highest BCUT2D eigenvalue weighted by Crippen LogP contribution is 2.38. The molecule has 1 fully saturated rings. The van der Waals surface area contributed by atoms with Gasteiger partial charge in [-0.1, -0.05) is 24.2 Å². The number of benzene rings is 1. The molecule has 6 nitrogen and oxygen atoms in total. The number of rotatable bonds is 6. The van der Waals surface area contributed by atoms with Crippen LogP contribution in [0.3, 0.4) is 0 Å². The Bertz CT molecular complexity index is 1060. The molecule has 1 saturated carbocycles. The number of carbonyl (C=O) groups is 3. The fraction of sp³-hybridized carbons (Fsp3) is 0.455. The third kappa shape index (κ3) is 5.23. The molecule has 0 bridgehead atoms. The average molecular weight is 486 g/mol. The number of carbonyl (C=O) groups excluding carboxylic acids is 3. The molecular weight excluding hydrogens is 462 g/mol. The molecule has 1 aliphatic carbocycles. The lowest BCUT2D eigenvalue weighted by Crippen LogP contribution is -2.58. The Balaban J connectivity index is 1.91. The van der Waals surface area contributed by atoms with Crippen LogP contribution in [0.4, 0.5) is 22.7 Å². The van der Waals surface area contributed by atoms with Gasteiger partial charge in [0.2, 0.25) is 11.7 Å². The standard InChI is InChI=1S/C22H23F4N3O3S/c1-12(30)29(15-6-4-5-7-15)21(2,3)19(32)28-20-27-18(22(24,25)26)17(33-20)16(31)13-8-10-14(23)11-9-13/h8-11,15H,4-7H2,1-3H3,(H,27,28,32). The highest BCUT2D eigenvalue weighted by atomic mass is 32.1. The van der Waals surface area contributed by atoms with Gasteiger partial charge in [0, 0.05) is 18.5 Å². The van der Waals surface area contributed by atoms with Crippen LogP contribution in [0.2, 0.25) is 0 Å². The van der Waals surface area contributed by atoms with Gasteiger partial charge in [-0.25, -0.2) is 9.37 Å². The number of amides is 2. The van der Waals surface area contributed by atoms with E-state index in [0.717, 1.165) is 49.9 Å². The van der Waals surface area contributed by atoms with Gasteiger partial charge in [0.25, 0.3) is 5.91 Å². The first-order chi connectivity index (χ1) is 15.3. The summed E-state index contributed by atoms with van der Waals surface area (Å²) in [5, 5.41) is 1.94. The Morgan fingerprint density at radius 1 is 1.09 bits per heavy atom. The minimum absolute atomic E-state index is 0.138. The van der Waals surface area contributed by atoms with E-state index in [-0.39, 0.29) is 17.5 Å². The fourth-order valence-electron chi connectivity index (χ4n) is 4.08. The van der Waals surface area contributed by atoms with Gasteiger partial charge in [-0.15, -0.1) is 0 Å². The van der Waals surface area contributed by atoms with Gasteiger partial charge in [-0.2, -0.15) is 13.2 Å². The first-order valence-electron chi connectivity index (χ1n) is 10.3. The van der Waals surface area contributed by atoms with Crippen LogP contribution in [0.5, 0.6) is 0 Å². The second kappa shape index (κ2) is 9.20. The normalized spacial score (nSPS) is 14.9. The van der Waals surface area contributed by atoms with Crippen molar-refractivity contribution in [1.82, 2.24) is 9.88 Å². The summed E-state index contributed by atoms with van der Waals surface area (Å²) in [6.07, 6.45) is -1.63. The van der Waals surface area contributed by atoms with Crippen LogP contribution in [0.25, 0.3) is 0 Å². The van der Waals surface area contributed by atoms with E-state index in [1.54, 1.807) is 0 Å². The molecule has 11 heteroatoms. The molecule has 0 radical (unpaired) electrons. The SMILES string of the molecule is CC(=O)N(C1CCCC1)C(C)(C)C(=O)Nc1nc(C(F)(F)F)c(C(=O)c2ccc(F)cc2)s1. The monoisotopic (exact) mass is 485 g/mol. The molecule has 0 aliphatic heterocycles. The second-order valence-electron chi connectivity index (χ2n) is 8.37.